The van der Waals surface area contributed by atoms with E-state index < -0.39 is 17.7 Å². The van der Waals surface area contributed by atoms with E-state index in [4.69, 9.17) is 9.84 Å². The molecule has 6 nitrogen and oxygen atoms in total. The second kappa shape index (κ2) is 6.27. The number of amides is 1. The Labute approximate surface area is 117 Å². The Morgan fingerprint density at radius 3 is 2.45 bits per heavy atom. The number of hydrogen-bond acceptors (Lipinski definition) is 4. The Morgan fingerprint density at radius 2 is 1.95 bits per heavy atom. The number of aromatic hydroxyl groups is 1. The molecule has 0 bridgehead atoms. The van der Waals surface area contributed by atoms with E-state index in [0.29, 0.717) is 11.3 Å². The minimum absolute atomic E-state index is 0.0557. The van der Waals surface area contributed by atoms with Crippen LogP contribution in [0.5, 0.6) is 5.75 Å². The molecule has 0 unspecified atom stereocenters. The van der Waals surface area contributed by atoms with Gasteiger partial charge in [-0.2, -0.15) is 0 Å². The molecule has 0 aliphatic carbocycles. The van der Waals surface area contributed by atoms with Crippen molar-refractivity contribution < 1.29 is 24.5 Å². The number of phenolic OH excluding ortho intramolecular Hbond substituents is 1. The van der Waals surface area contributed by atoms with Gasteiger partial charge in [-0.25, -0.2) is 4.79 Å². The molecule has 0 aromatic heterocycles. The third-order valence-corrected chi connectivity index (χ3v) is 2.34. The van der Waals surface area contributed by atoms with Crippen LogP contribution in [0.25, 0.3) is 0 Å². The first-order valence-electron chi connectivity index (χ1n) is 6.21. The van der Waals surface area contributed by atoms with Crippen molar-refractivity contribution in [2.24, 2.45) is 0 Å². The van der Waals surface area contributed by atoms with E-state index in [-0.39, 0.29) is 18.6 Å². The summed E-state index contributed by atoms with van der Waals surface area (Å²) in [5, 5.41) is 20.9. The van der Waals surface area contributed by atoms with Gasteiger partial charge in [0.1, 0.15) is 11.4 Å². The summed E-state index contributed by atoms with van der Waals surface area (Å²) in [5.74, 6) is -0.986. The Hall–Kier alpha value is -2.24. The number of carboxylic acids is 1. The number of aryl methyl sites for hydroxylation is 1. The maximum absolute atomic E-state index is 11.5. The molecule has 0 radical (unpaired) electrons. The number of anilines is 1. The maximum Gasteiger partial charge on any atom is 0.412 e. The van der Waals surface area contributed by atoms with Gasteiger partial charge in [0.15, 0.2) is 0 Å². The van der Waals surface area contributed by atoms with Gasteiger partial charge in [-0.15, -0.1) is 0 Å². The molecule has 0 aliphatic rings. The van der Waals surface area contributed by atoms with Crippen LogP contribution in [0.4, 0.5) is 10.5 Å². The van der Waals surface area contributed by atoms with Crippen molar-refractivity contribution >= 4 is 17.7 Å². The number of benzene rings is 1. The van der Waals surface area contributed by atoms with Gasteiger partial charge in [0.05, 0.1) is 0 Å². The second-order valence-electron chi connectivity index (χ2n) is 5.36. The van der Waals surface area contributed by atoms with Crippen LogP contribution in [0.15, 0.2) is 18.2 Å². The number of carbonyl (C=O) groups is 2. The standard InChI is InChI=1S/C14H19NO5/c1-14(2,3)20-13(19)15-10-6-4-9(11(16)8-10)5-7-12(17)18/h4,6,8,16H,5,7H2,1-3H3,(H,15,19)(H,17,18). The van der Waals surface area contributed by atoms with Crippen LogP contribution in [0, 0.1) is 0 Å². The number of nitrogens with one attached hydrogen (secondary N) is 1. The lowest BCUT2D eigenvalue weighted by atomic mass is 10.1. The summed E-state index contributed by atoms with van der Waals surface area (Å²) in [5.41, 5.74) is 0.297. The number of carboxylic acid groups (broad SMARTS) is 1. The molecule has 0 spiro atoms. The van der Waals surface area contributed by atoms with Crippen LogP contribution < -0.4 is 5.32 Å². The molecule has 1 aromatic carbocycles. The number of aliphatic carboxylic acids is 1. The molecular formula is C14H19NO5. The fourth-order valence-electron chi connectivity index (χ4n) is 1.52. The van der Waals surface area contributed by atoms with Crippen molar-refractivity contribution in [2.75, 3.05) is 5.32 Å². The summed E-state index contributed by atoms with van der Waals surface area (Å²) in [7, 11) is 0. The van der Waals surface area contributed by atoms with E-state index in [1.807, 2.05) is 0 Å². The zero-order chi connectivity index (χ0) is 15.3. The lowest BCUT2D eigenvalue weighted by Gasteiger charge is -2.19. The minimum atomic E-state index is -0.930. The summed E-state index contributed by atoms with van der Waals surface area (Å²) in [6.45, 7) is 5.25. The molecule has 110 valence electrons. The molecule has 0 atom stereocenters. The van der Waals surface area contributed by atoms with E-state index in [2.05, 4.69) is 5.32 Å². The second-order valence-corrected chi connectivity index (χ2v) is 5.36. The lowest BCUT2D eigenvalue weighted by molar-refractivity contribution is -0.136. The minimum Gasteiger partial charge on any atom is -0.508 e. The number of carbonyl (C=O) groups excluding carboxylic acids is 1. The zero-order valence-corrected chi connectivity index (χ0v) is 11.8. The quantitative estimate of drug-likeness (QED) is 0.788. The number of ether oxygens (including phenoxy) is 1. The van der Waals surface area contributed by atoms with Crippen molar-refractivity contribution in [3.8, 4) is 5.75 Å². The highest BCUT2D eigenvalue weighted by Crippen LogP contribution is 2.23. The SMILES string of the molecule is CC(C)(C)OC(=O)Nc1ccc(CCC(=O)O)c(O)c1. The van der Waals surface area contributed by atoms with Crippen LogP contribution in [0.1, 0.15) is 32.8 Å². The van der Waals surface area contributed by atoms with Gasteiger partial charge in [0.25, 0.3) is 0 Å². The van der Waals surface area contributed by atoms with Gasteiger partial charge in [0, 0.05) is 18.2 Å². The molecule has 0 saturated heterocycles. The summed E-state index contributed by atoms with van der Waals surface area (Å²) >= 11 is 0. The van der Waals surface area contributed by atoms with Crippen molar-refractivity contribution in [2.45, 2.75) is 39.2 Å². The average molecular weight is 281 g/mol. The molecular weight excluding hydrogens is 262 g/mol. The molecule has 1 rings (SSSR count). The van der Waals surface area contributed by atoms with Crippen molar-refractivity contribution in [3.63, 3.8) is 0 Å². The third-order valence-electron chi connectivity index (χ3n) is 2.34. The van der Waals surface area contributed by atoms with Crippen molar-refractivity contribution in [1.29, 1.82) is 0 Å². The van der Waals surface area contributed by atoms with Crippen molar-refractivity contribution in [3.05, 3.63) is 23.8 Å². The Morgan fingerprint density at radius 1 is 1.30 bits per heavy atom. The van der Waals surface area contributed by atoms with Gasteiger partial charge < -0.3 is 14.9 Å². The van der Waals surface area contributed by atoms with Crippen molar-refractivity contribution in [1.82, 2.24) is 0 Å². The smallest absolute Gasteiger partial charge is 0.412 e. The van der Waals surface area contributed by atoms with Gasteiger partial charge in [-0.05, 0) is 38.8 Å². The number of rotatable bonds is 4. The molecule has 0 aliphatic heterocycles. The Kier molecular flexibility index (Phi) is 4.96. The summed E-state index contributed by atoms with van der Waals surface area (Å²) in [6.07, 6.45) is -0.449. The van der Waals surface area contributed by atoms with Crippen LogP contribution >= 0.6 is 0 Å². The van der Waals surface area contributed by atoms with E-state index in [1.165, 1.54) is 6.07 Å². The van der Waals surface area contributed by atoms with Gasteiger partial charge in [-0.1, -0.05) is 6.07 Å². The first kappa shape index (κ1) is 15.8. The molecule has 20 heavy (non-hydrogen) atoms. The highest BCUT2D eigenvalue weighted by molar-refractivity contribution is 5.85. The first-order chi connectivity index (χ1) is 9.17. The lowest BCUT2D eigenvalue weighted by Crippen LogP contribution is -2.27. The van der Waals surface area contributed by atoms with Gasteiger partial charge in [0.2, 0.25) is 0 Å². The number of hydrogen-bond donors (Lipinski definition) is 3. The van der Waals surface area contributed by atoms with Crippen LogP contribution in [-0.2, 0) is 16.0 Å². The highest BCUT2D eigenvalue weighted by atomic mass is 16.6. The van der Waals surface area contributed by atoms with Crippen LogP contribution in [0.2, 0.25) is 0 Å². The molecule has 0 saturated carbocycles. The van der Waals surface area contributed by atoms with E-state index in [0.717, 1.165) is 0 Å². The highest BCUT2D eigenvalue weighted by Gasteiger charge is 2.16. The zero-order valence-electron chi connectivity index (χ0n) is 11.8. The predicted molar refractivity (Wildman–Crippen MR) is 73.9 cm³/mol. The first-order valence-corrected chi connectivity index (χ1v) is 6.21. The van der Waals surface area contributed by atoms with Gasteiger partial charge >= 0.3 is 12.1 Å². The summed E-state index contributed by atoms with van der Waals surface area (Å²) in [6, 6.07) is 4.52. The van der Waals surface area contributed by atoms with Crippen LogP contribution in [0.3, 0.4) is 0 Å². The Bertz CT molecular complexity index is 505. The molecule has 6 heteroatoms. The number of phenols is 1. The normalized spacial score (nSPS) is 10.9. The fraction of sp³-hybridized carbons (Fsp3) is 0.429. The predicted octanol–water partition coefficient (Wildman–Crippen LogP) is 2.76. The molecule has 1 aromatic rings. The molecule has 1 amide bonds. The van der Waals surface area contributed by atoms with Gasteiger partial charge in [-0.3, -0.25) is 10.1 Å². The van der Waals surface area contributed by atoms with E-state index in [9.17, 15) is 14.7 Å². The van der Waals surface area contributed by atoms with E-state index in [1.54, 1.807) is 32.9 Å². The topological polar surface area (TPSA) is 95.9 Å². The molecule has 0 heterocycles. The Balaban J connectivity index is 2.67. The monoisotopic (exact) mass is 281 g/mol. The molecule has 0 fully saturated rings. The molecule has 3 N–H and O–H groups in total. The summed E-state index contributed by atoms with van der Waals surface area (Å²) in [4.78, 5) is 22.0. The van der Waals surface area contributed by atoms with Crippen LogP contribution in [-0.4, -0.2) is 27.9 Å². The fourth-order valence-corrected chi connectivity index (χ4v) is 1.52. The largest absolute Gasteiger partial charge is 0.508 e. The van der Waals surface area contributed by atoms with E-state index >= 15 is 0 Å². The third kappa shape index (κ3) is 5.60. The summed E-state index contributed by atoms with van der Waals surface area (Å²) < 4.78 is 5.08. The maximum atomic E-state index is 11.5. The average Bonchev–Trinajstić information content (AvgIpc) is 2.24.